The number of carboxylic acids is 1. The van der Waals surface area contributed by atoms with E-state index in [-0.39, 0.29) is 12.3 Å². The van der Waals surface area contributed by atoms with Crippen LogP contribution in [0.15, 0.2) is 16.8 Å². The number of amides is 1. The van der Waals surface area contributed by atoms with E-state index in [0.29, 0.717) is 21.5 Å². The van der Waals surface area contributed by atoms with Gasteiger partial charge in [0.05, 0.1) is 24.1 Å². The average molecular weight is 298 g/mol. The number of nitrogens with one attached hydrogen (secondary N) is 1. The highest BCUT2D eigenvalue weighted by Crippen LogP contribution is 2.23. The number of aliphatic carboxylic acids is 1. The molecule has 100 valence electrons. The number of nitrogens with zero attached hydrogens (tertiary/aromatic N) is 1. The first-order valence-electron chi connectivity index (χ1n) is 5.18. The predicted octanol–water partition coefficient (Wildman–Crippen LogP) is 2.09. The number of thiazole rings is 1. The van der Waals surface area contributed by atoms with Gasteiger partial charge in [-0.1, -0.05) is 0 Å². The Kier molecular flexibility index (Phi) is 4.13. The monoisotopic (exact) mass is 298 g/mol. The van der Waals surface area contributed by atoms with Crippen molar-refractivity contribution >= 4 is 39.7 Å². The summed E-state index contributed by atoms with van der Waals surface area (Å²) in [6, 6.07) is 1.63. The van der Waals surface area contributed by atoms with Crippen LogP contribution in [0.4, 0.5) is 5.13 Å². The van der Waals surface area contributed by atoms with E-state index >= 15 is 0 Å². The number of carbonyl (C=O) groups is 2. The molecule has 0 saturated heterocycles. The molecule has 0 unspecified atom stereocenters. The summed E-state index contributed by atoms with van der Waals surface area (Å²) in [5, 5.41) is 15.0. The minimum atomic E-state index is -0.953. The van der Waals surface area contributed by atoms with E-state index in [1.165, 1.54) is 29.8 Å². The average Bonchev–Trinajstić information content (AvgIpc) is 2.97. The fourth-order valence-corrected chi connectivity index (χ4v) is 2.76. The van der Waals surface area contributed by atoms with Gasteiger partial charge < -0.3 is 9.84 Å². The second kappa shape index (κ2) is 5.81. The molecule has 2 rings (SSSR count). The number of carbonyl (C=O) groups excluding carboxylic acids is 1. The molecule has 1 amide bonds. The Labute approximate surface area is 116 Å². The maximum Gasteiger partial charge on any atom is 0.309 e. The van der Waals surface area contributed by atoms with Crippen LogP contribution >= 0.6 is 22.7 Å². The van der Waals surface area contributed by atoms with Crippen molar-refractivity contribution in [2.75, 3.05) is 12.4 Å². The second-order valence-electron chi connectivity index (χ2n) is 3.52. The number of anilines is 1. The molecular weight excluding hydrogens is 288 g/mol. The fraction of sp³-hybridized carbons (Fsp3) is 0.182. The summed E-state index contributed by atoms with van der Waals surface area (Å²) in [5.74, 6) is -0.614. The maximum absolute atomic E-state index is 11.9. The van der Waals surface area contributed by atoms with Crippen LogP contribution in [0.3, 0.4) is 0 Å². The topological polar surface area (TPSA) is 88.5 Å². The van der Waals surface area contributed by atoms with Gasteiger partial charge in [0, 0.05) is 16.8 Å². The molecule has 2 heterocycles. The molecule has 2 aromatic heterocycles. The van der Waals surface area contributed by atoms with Crippen molar-refractivity contribution in [3.63, 3.8) is 0 Å². The Balaban J connectivity index is 2.02. The van der Waals surface area contributed by atoms with Crippen molar-refractivity contribution in [2.24, 2.45) is 0 Å². The SMILES string of the molecule is COc1csc(C(=O)Nc2nc(CC(=O)O)cs2)c1. The summed E-state index contributed by atoms with van der Waals surface area (Å²) < 4.78 is 5.00. The minimum absolute atomic E-state index is 0.154. The molecule has 0 saturated carbocycles. The van der Waals surface area contributed by atoms with Crippen LogP contribution in [-0.2, 0) is 11.2 Å². The van der Waals surface area contributed by atoms with Crippen molar-refractivity contribution in [1.82, 2.24) is 4.98 Å². The summed E-state index contributed by atoms with van der Waals surface area (Å²) in [4.78, 5) is 26.9. The number of hydrogen-bond donors (Lipinski definition) is 2. The van der Waals surface area contributed by atoms with Gasteiger partial charge in [-0.25, -0.2) is 4.98 Å². The third-order valence-electron chi connectivity index (χ3n) is 2.14. The van der Waals surface area contributed by atoms with E-state index in [1.54, 1.807) is 16.8 Å². The highest BCUT2D eigenvalue weighted by Gasteiger charge is 2.12. The molecule has 0 aliphatic rings. The van der Waals surface area contributed by atoms with Crippen molar-refractivity contribution in [2.45, 2.75) is 6.42 Å². The zero-order valence-electron chi connectivity index (χ0n) is 9.87. The highest BCUT2D eigenvalue weighted by atomic mass is 32.1. The van der Waals surface area contributed by atoms with E-state index in [1.807, 2.05) is 0 Å². The van der Waals surface area contributed by atoms with Gasteiger partial charge >= 0.3 is 5.97 Å². The Morgan fingerprint density at radius 3 is 2.84 bits per heavy atom. The lowest BCUT2D eigenvalue weighted by Crippen LogP contribution is -2.10. The number of hydrogen-bond acceptors (Lipinski definition) is 6. The summed E-state index contributed by atoms with van der Waals surface area (Å²) in [6.07, 6.45) is -0.154. The molecule has 0 aliphatic carbocycles. The van der Waals surface area contributed by atoms with E-state index in [2.05, 4.69) is 10.3 Å². The zero-order valence-corrected chi connectivity index (χ0v) is 11.5. The van der Waals surface area contributed by atoms with Gasteiger partial charge in [-0.3, -0.25) is 14.9 Å². The molecule has 0 aliphatic heterocycles. The number of aromatic nitrogens is 1. The van der Waals surface area contributed by atoms with Crippen LogP contribution in [0.5, 0.6) is 5.75 Å². The normalized spacial score (nSPS) is 10.2. The van der Waals surface area contributed by atoms with Gasteiger partial charge in [0.2, 0.25) is 0 Å². The molecule has 8 heteroatoms. The predicted molar refractivity (Wildman–Crippen MR) is 72.3 cm³/mol. The first-order chi connectivity index (χ1) is 9.08. The molecule has 0 fully saturated rings. The van der Waals surface area contributed by atoms with Gasteiger partial charge in [-0.15, -0.1) is 22.7 Å². The van der Waals surface area contributed by atoms with E-state index in [9.17, 15) is 9.59 Å². The summed E-state index contributed by atoms with van der Waals surface area (Å²) >= 11 is 2.46. The van der Waals surface area contributed by atoms with Crippen LogP contribution in [0.25, 0.3) is 0 Å². The van der Waals surface area contributed by atoms with Crippen molar-refractivity contribution in [3.8, 4) is 5.75 Å². The Bertz CT molecular complexity index is 605. The van der Waals surface area contributed by atoms with Crippen LogP contribution in [0.2, 0.25) is 0 Å². The molecule has 0 radical (unpaired) electrons. The van der Waals surface area contributed by atoms with Gasteiger partial charge in [-0.2, -0.15) is 0 Å². The molecule has 2 N–H and O–H groups in total. The van der Waals surface area contributed by atoms with Gasteiger partial charge in [0.15, 0.2) is 5.13 Å². The van der Waals surface area contributed by atoms with Crippen LogP contribution in [0, 0.1) is 0 Å². The first-order valence-corrected chi connectivity index (χ1v) is 6.94. The van der Waals surface area contributed by atoms with Gasteiger partial charge in [0.1, 0.15) is 5.75 Å². The molecule has 0 atom stereocenters. The first kappa shape index (κ1) is 13.5. The fourth-order valence-electron chi connectivity index (χ4n) is 1.30. The zero-order chi connectivity index (χ0) is 13.8. The summed E-state index contributed by atoms with van der Waals surface area (Å²) in [5.41, 5.74) is 0.427. The lowest BCUT2D eigenvalue weighted by atomic mass is 10.3. The number of thiophene rings is 1. The summed E-state index contributed by atoms with van der Waals surface area (Å²) in [6.45, 7) is 0. The second-order valence-corrected chi connectivity index (χ2v) is 5.29. The molecular formula is C11H10N2O4S2. The third-order valence-corrected chi connectivity index (χ3v) is 3.85. The molecule has 0 bridgehead atoms. The molecule has 6 nitrogen and oxygen atoms in total. The molecule has 2 aromatic rings. The minimum Gasteiger partial charge on any atom is -0.496 e. The molecule has 0 aromatic carbocycles. The van der Waals surface area contributed by atoms with E-state index in [0.717, 1.165) is 0 Å². The van der Waals surface area contributed by atoms with Crippen LogP contribution in [-0.4, -0.2) is 29.1 Å². The lowest BCUT2D eigenvalue weighted by molar-refractivity contribution is -0.136. The Morgan fingerprint density at radius 1 is 1.42 bits per heavy atom. The third kappa shape index (κ3) is 3.52. The number of methoxy groups -OCH3 is 1. The smallest absolute Gasteiger partial charge is 0.309 e. The van der Waals surface area contributed by atoms with Crippen LogP contribution < -0.4 is 10.1 Å². The lowest BCUT2D eigenvalue weighted by Gasteiger charge is -1.97. The highest BCUT2D eigenvalue weighted by molar-refractivity contribution is 7.14. The number of rotatable bonds is 5. The quantitative estimate of drug-likeness (QED) is 0.882. The standard InChI is InChI=1S/C11H10N2O4S2/c1-17-7-3-8(18-5-7)10(16)13-11-12-6(4-19-11)2-9(14)15/h3-5H,2H2,1H3,(H,14,15)(H,12,13,16). The van der Waals surface area contributed by atoms with E-state index < -0.39 is 5.97 Å². The van der Waals surface area contributed by atoms with Gasteiger partial charge in [0.25, 0.3) is 5.91 Å². The summed E-state index contributed by atoms with van der Waals surface area (Å²) in [7, 11) is 1.53. The van der Waals surface area contributed by atoms with Crippen molar-refractivity contribution in [3.05, 3.63) is 27.4 Å². The van der Waals surface area contributed by atoms with Crippen molar-refractivity contribution in [1.29, 1.82) is 0 Å². The molecule has 0 spiro atoms. The Morgan fingerprint density at radius 2 is 2.21 bits per heavy atom. The number of carboxylic acid groups (broad SMARTS) is 1. The van der Waals surface area contributed by atoms with Crippen molar-refractivity contribution < 1.29 is 19.4 Å². The Hall–Kier alpha value is -1.93. The van der Waals surface area contributed by atoms with Crippen LogP contribution in [0.1, 0.15) is 15.4 Å². The molecule has 19 heavy (non-hydrogen) atoms. The van der Waals surface area contributed by atoms with E-state index in [4.69, 9.17) is 9.84 Å². The largest absolute Gasteiger partial charge is 0.496 e. The number of ether oxygens (including phenoxy) is 1. The maximum atomic E-state index is 11.9. The van der Waals surface area contributed by atoms with Gasteiger partial charge in [-0.05, 0) is 0 Å².